The molecule has 2 aromatic heterocycles. The number of pyridine rings is 2. The number of rotatable bonds is 4. The van der Waals surface area contributed by atoms with E-state index in [-0.39, 0.29) is 35.2 Å². The van der Waals surface area contributed by atoms with Gasteiger partial charge in [0, 0.05) is 6.54 Å². The first-order valence-electron chi connectivity index (χ1n) is 10.7. The van der Waals surface area contributed by atoms with Gasteiger partial charge in [0.05, 0.1) is 53.2 Å². The van der Waals surface area contributed by atoms with Crippen LogP contribution in [0.3, 0.4) is 0 Å². The topological polar surface area (TPSA) is 96.4 Å². The Balaban J connectivity index is 1.48. The molecule has 2 amide bonds. The third kappa shape index (κ3) is 3.75. The maximum absolute atomic E-state index is 14.4. The van der Waals surface area contributed by atoms with Crippen LogP contribution in [0.4, 0.5) is 26.0 Å². The Morgan fingerprint density at radius 2 is 1.88 bits per heavy atom. The molecule has 2 aliphatic heterocycles. The lowest BCUT2D eigenvalue weighted by Crippen LogP contribution is -2.53. The number of fused-ring (bicyclic) bond motifs is 1. The summed E-state index contributed by atoms with van der Waals surface area (Å²) < 4.78 is 34.3. The number of morpholine rings is 1. The number of nitrogens with zero attached hydrogens (tertiary/aromatic N) is 3. The Morgan fingerprint density at radius 1 is 1.12 bits per heavy atom. The van der Waals surface area contributed by atoms with E-state index in [1.807, 2.05) is 0 Å². The fourth-order valence-electron chi connectivity index (χ4n) is 4.09. The molecule has 4 heterocycles. The first-order chi connectivity index (χ1) is 16.2. The number of amides is 2. The lowest BCUT2D eigenvalue weighted by molar-refractivity contribution is -0.144. The number of carbonyl (C=O) groups excluding carboxylic acids is 2. The van der Waals surface area contributed by atoms with Crippen molar-refractivity contribution in [3.05, 3.63) is 65.5 Å². The molecule has 0 spiro atoms. The fraction of sp³-hybridized carbons (Fsp3) is 0.250. The molecule has 0 unspecified atom stereocenters. The molecular formula is C24H21F2N5O3. The zero-order chi connectivity index (χ0) is 24.0. The Morgan fingerprint density at radius 3 is 2.59 bits per heavy atom. The number of hydrogen-bond donors (Lipinski definition) is 2. The zero-order valence-electron chi connectivity index (χ0n) is 18.5. The van der Waals surface area contributed by atoms with E-state index >= 15 is 0 Å². The van der Waals surface area contributed by atoms with Gasteiger partial charge in [0.15, 0.2) is 0 Å². The van der Waals surface area contributed by atoms with Crippen molar-refractivity contribution in [1.82, 2.24) is 15.3 Å². The highest BCUT2D eigenvalue weighted by atomic mass is 19.1. The van der Waals surface area contributed by atoms with Crippen LogP contribution in [0.25, 0.3) is 11.3 Å². The molecule has 5 rings (SSSR count). The summed E-state index contributed by atoms with van der Waals surface area (Å²) in [7, 11) is 0. The van der Waals surface area contributed by atoms with Gasteiger partial charge in [-0.15, -0.1) is 0 Å². The lowest BCUT2D eigenvalue weighted by Gasteiger charge is -2.37. The van der Waals surface area contributed by atoms with Gasteiger partial charge in [-0.3, -0.25) is 9.59 Å². The molecule has 2 N–H and O–H groups in total. The third-order valence-electron chi connectivity index (χ3n) is 5.82. The van der Waals surface area contributed by atoms with Gasteiger partial charge in [-0.05, 0) is 44.2 Å². The van der Waals surface area contributed by atoms with Crippen LogP contribution >= 0.6 is 0 Å². The van der Waals surface area contributed by atoms with E-state index in [2.05, 4.69) is 20.6 Å². The number of carbonyl (C=O) groups is 2. The summed E-state index contributed by atoms with van der Waals surface area (Å²) in [5.41, 5.74) is 0.469. The summed E-state index contributed by atoms with van der Waals surface area (Å²) in [6, 6.07) is 8.39. The summed E-state index contributed by atoms with van der Waals surface area (Å²) in [5.74, 6) is -1.63. The molecule has 34 heavy (non-hydrogen) atoms. The summed E-state index contributed by atoms with van der Waals surface area (Å²) in [4.78, 5) is 35.4. The molecule has 174 valence electrons. The Kier molecular flexibility index (Phi) is 5.24. The van der Waals surface area contributed by atoms with Gasteiger partial charge in [0.25, 0.3) is 11.8 Å². The lowest BCUT2D eigenvalue weighted by atomic mass is 10.1. The molecule has 2 aliphatic rings. The first-order valence-corrected chi connectivity index (χ1v) is 10.7. The molecule has 0 radical (unpaired) electrons. The smallest absolute Gasteiger partial charge is 0.258 e. The average Bonchev–Trinajstić information content (AvgIpc) is 3.17. The molecule has 0 bridgehead atoms. The van der Waals surface area contributed by atoms with Gasteiger partial charge in [0.2, 0.25) is 0 Å². The van der Waals surface area contributed by atoms with Crippen molar-refractivity contribution < 1.29 is 23.1 Å². The first kappa shape index (κ1) is 21.9. The van der Waals surface area contributed by atoms with Crippen molar-refractivity contribution in [2.45, 2.75) is 26.0 Å². The zero-order valence-corrected chi connectivity index (χ0v) is 18.5. The molecular weight excluding hydrogens is 444 g/mol. The second-order valence-electron chi connectivity index (χ2n) is 8.50. The van der Waals surface area contributed by atoms with E-state index in [4.69, 9.17) is 4.74 Å². The monoisotopic (exact) mass is 465 g/mol. The van der Waals surface area contributed by atoms with Crippen LogP contribution in [-0.4, -0.2) is 40.5 Å². The molecule has 10 heteroatoms. The molecule has 1 aromatic carbocycles. The number of nitrogens with one attached hydrogen (secondary N) is 2. The quantitative estimate of drug-likeness (QED) is 0.612. The molecule has 0 saturated carbocycles. The van der Waals surface area contributed by atoms with Crippen LogP contribution in [-0.2, 0) is 16.1 Å². The fourth-order valence-corrected chi connectivity index (χ4v) is 4.09. The third-order valence-corrected chi connectivity index (χ3v) is 5.82. The van der Waals surface area contributed by atoms with Crippen LogP contribution < -0.4 is 15.5 Å². The number of aromatic nitrogens is 2. The number of hydrogen-bond acceptors (Lipinski definition) is 6. The number of halogens is 2. The second kappa shape index (κ2) is 8.14. The van der Waals surface area contributed by atoms with E-state index in [0.717, 1.165) is 12.1 Å². The molecule has 1 fully saturated rings. The van der Waals surface area contributed by atoms with Crippen molar-refractivity contribution >= 4 is 29.0 Å². The van der Waals surface area contributed by atoms with Crippen molar-refractivity contribution in [3.63, 3.8) is 0 Å². The van der Waals surface area contributed by atoms with E-state index in [1.54, 1.807) is 37.1 Å². The van der Waals surface area contributed by atoms with Crippen molar-refractivity contribution in [3.8, 4) is 11.3 Å². The molecule has 8 nitrogen and oxygen atoms in total. The van der Waals surface area contributed by atoms with Crippen LogP contribution in [0, 0.1) is 11.6 Å². The van der Waals surface area contributed by atoms with E-state index in [0.29, 0.717) is 36.0 Å². The van der Waals surface area contributed by atoms with Gasteiger partial charge in [0.1, 0.15) is 23.1 Å². The SMILES string of the molecule is CC1(C)OCCN(c2ccc(Nc3cc(-c4c(F)cccc4F)nc4c3C(=O)NC4)nc2)C1=O. The standard InChI is InChI=1S/C24H21F2N5O3/c1-24(2)23(33)31(8-9-34-24)13-6-7-19(27-11-13)30-17-10-16(20-14(25)4-3-5-15(20)26)29-18-12-28-22(32)21(17)18/h3-7,10-11H,8-9,12H2,1-2H3,(H,28,32)(H,27,29,30). The Bertz CT molecular complexity index is 1290. The summed E-state index contributed by atoms with van der Waals surface area (Å²) in [6.45, 7) is 4.40. The van der Waals surface area contributed by atoms with Gasteiger partial charge < -0.3 is 20.3 Å². The number of benzene rings is 1. The van der Waals surface area contributed by atoms with E-state index < -0.39 is 17.2 Å². The van der Waals surface area contributed by atoms with Crippen molar-refractivity contribution in [2.24, 2.45) is 0 Å². The minimum Gasteiger partial charge on any atom is -0.364 e. The van der Waals surface area contributed by atoms with Crippen LogP contribution in [0.5, 0.6) is 0 Å². The van der Waals surface area contributed by atoms with Crippen LogP contribution in [0.2, 0.25) is 0 Å². The maximum Gasteiger partial charge on any atom is 0.258 e. The normalized spacial score (nSPS) is 16.9. The predicted molar refractivity (Wildman–Crippen MR) is 121 cm³/mol. The summed E-state index contributed by atoms with van der Waals surface area (Å²) >= 11 is 0. The van der Waals surface area contributed by atoms with Crippen molar-refractivity contribution in [1.29, 1.82) is 0 Å². The number of anilines is 3. The number of ether oxygens (including phenoxy) is 1. The Labute approximate surface area is 194 Å². The molecule has 0 aliphatic carbocycles. The summed E-state index contributed by atoms with van der Waals surface area (Å²) in [5, 5.41) is 5.73. The second-order valence-corrected chi connectivity index (χ2v) is 8.50. The Hall–Kier alpha value is -3.92. The summed E-state index contributed by atoms with van der Waals surface area (Å²) in [6.07, 6.45) is 1.54. The van der Waals surface area contributed by atoms with Gasteiger partial charge in [-0.2, -0.15) is 0 Å². The highest BCUT2D eigenvalue weighted by Crippen LogP contribution is 2.33. The minimum atomic E-state index is -0.918. The maximum atomic E-state index is 14.4. The van der Waals surface area contributed by atoms with E-state index in [9.17, 15) is 18.4 Å². The molecule has 1 saturated heterocycles. The largest absolute Gasteiger partial charge is 0.364 e. The van der Waals surface area contributed by atoms with Gasteiger partial charge in [-0.25, -0.2) is 18.7 Å². The van der Waals surface area contributed by atoms with Gasteiger partial charge in [-0.1, -0.05) is 6.07 Å². The highest BCUT2D eigenvalue weighted by molar-refractivity contribution is 6.04. The van der Waals surface area contributed by atoms with Crippen LogP contribution in [0.1, 0.15) is 29.9 Å². The van der Waals surface area contributed by atoms with Crippen molar-refractivity contribution in [2.75, 3.05) is 23.4 Å². The average molecular weight is 465 g/mol. The molecule has 0 atom stereocenters. The minimum absolute atomic E-state index is 0.0612. The molecule has 3 aromatic rings. The van der Waals surface area contributed by atoms with Crippen LogP contribution in [0.15, 0.2) is 42.6 Å². The van der Waals surface area contributed by atoms with Gasteiger partial charge >= 0.3 is 0 Å². The predicted octanol–water partition coefficient (Wildman–Crippen LogP) is 3.55. The van der Waals surface area contributed by atoms with E-state index in [1.165, 1.54) is 12.1 Å². The highest BCUT2D eigenvalue weighted by Gasteiger charge is 2.37.